The molecule has 0 aromatic heterocycles. The molecular weight excluding hydrogens is 302 g/mol. The van der Waals surface area contributed by atoms with Crippen LogP contribution < -0.4 is 5.32 Å². The molecular formula is C17H16ClNO3. The number of carboxylic acid groups (broad SMARTS) is 1. The molecule has 2 aromatic rings. The van der Waals surface area contributed by atoms with Crippen LogP contribution in [0.5, 0.6) is 0 Å². The van der Waals surface area contributed by atoms with E-state index in [9.17, 15) is 14.7 Å². The standard InChI is InChI=1S/C17H16ClNO3/c1-11-14(18)8-5-9-15(11)19-16(20)10-13(17(21)22)12-6-3-2-4-7-12/h2-9,13H,10H2,1H3,(H,19,20)(H,21,22)/t13-/m1/s1. The average Bonchev–Trinajstić information content (AvgIpc) is 2.50. The predicted molar refractivity (Wildman–Crippen MR) is 86.3 cm³/mol. The van der Waals surface area contributed by atoms with Crippen molar-refractivity contribution in [3.63, 3.8) is 0 Å². The molecule has 2 aromatic carbocycles. The molecule has 0 bridgehead atoms. The Morgan fingerprint density at radius 1 is 1.14 bits per heavy atom. The van der Waals surface area contributed by atoms with Gasteiger partial charge in [0.05, 0.1) is 5.92 Å². The highest BCUT2D eigenvalue weighted by Crippen LogP contribution is 2.25. The van der Waals surface area contributed by atoms with Crippen LogP contribution >= 0.6 is 11.6 Å². The average molecular weight is 318 g/mol. The molecule has 0 aliphatic carbocycles. The quantitative estimate of drug-likeness (QED) is 0.880. The van der Waals surface area contributed by atoms with E-state index in [1.165, 1.54) is 0 Å². The summed E-state index contributed by atoms with van der Waals surface area (Å²) in [5, 5.41) is 12.6. The van der Waals surface area contributed by atoms with Crippen LogP contribution in [0.1, 0.15) is 23.5 Å². The Bertz CT molecular complexity index is 686. The van der Waals surface area contributed by atoms with E-state index in [2.05, 4.69) is 5.32 Å². The fraction of sp³-hybridized carbons (Fsp3) is 0.176. The number of carbonyl (C=O) groups is 2. The Balaban J connectivity index is 2.12. The molecule has 0 heterocycles. The second kappa shape index (κ2) is 7.09. The Hall–Kier alpha value is -2.33. The third kappa shape index (κ3) is 3.86. The van der Waals surface area contributed by atoms with Gasteiger partial charge in [0.1, 0.15) is 0 Å². The van der Waals surface area contributed by atoms with Crippen LogP contribution in [0.15, 0.2) is 48.5 Å². The van der Waals surface area contributed by atoms with Gasteiger partial charge in [-0.05, 0) is 30.2 Å². The van der Waals surface area contributed by atoms with E-state index in [1.807, 2.05) is 0 Å². The van der Waals surface area contributed by atoms with Crippen LogP contribution in [0, 0.1) is 6.92 Å². The lowest BCUT2D eigenvalue weighted by molar-refractivity contribution is -0.140. The van der Waals surface area contributed by atoms with Crippen LogP contribution in [0.25, 0.3) is 0 Å². The first-order valence-electron chi connectivity index (χ1n) is 6.81. The van der Waals surface area contributed by atoms with Gasteiger partial charge in [-0.1, -0.05) is 48.0 Å². The third-order valence-corrected chi connectivity index (χ3v) is 3.84. The minimum Gasteiger partial charge on any atom is -0.481 e. The zero-order valence-corrected chi connectivity index (χ0v) is 12.8. The number of benzene rings is 2. The lowest BCUT2D eigenvalue weighted by atomic mass is 9.95. The number of anilines is 1. The molecule has 2 rings (SSSR count). The summed E-state index contributed by atoms with van der Waals surface area (Å²) in [6.45, 7) is 1.80. The van der Waals surface area contributed by atoms with E-state index < -0.39 is 11.9 Å². The molecule has 0 aliphatic rings. The zero-order chi connectivity index (χ0) is 16.1. The Morgan fingerprint density at radius 3 is 2.45 bits per heavy atom. The maximum atomic E-state index is 12.1. The van der Waals surface area contributed by atoms with E-state index in [1.54, 1.807) is 55.5 Å². The number of carbonyl (C=O) groups excluding carboxylic acids is 1. The molecule has 0 saturated heterocycles. The SMILES string of the molecule is Cc1c(Cl)cccc1NC(=O)C[C@@H](C(=O)O)c1ccccc1. The first-order chi connectivity index (χ1) is 10.5. The van der Waals surface area contributed by atoms with Crippen molar-refractivity contribution in [2.75, 3.05) is 5.32 Å². The number of hydrogen-bond acceptors (Lipinski definition) is 2. The molecule has 0 fully saturated rings. The maximum Gasteiger partial charge on any atom is 0.311 e. The van der Waals surface area contributed by atoms with Crippen molar-refractivity contribution in [3.05, 3.63) is 64.7 Å². The molecule has 0 saturated carbocycles. The van der Waals surface area contributed by atoms with Gasteiger partial charge >= 0.3 is 5.97 Å². The fourth-order valence-electron chi connectivity index (χ4n) is 2.16. The van der Waals surface area contributed by atoms with E-state index in [-0.39, 0.29) is 12.3 Å². The maximum absolute atomic E-state index is 12.1. The van der Waals surface area contributed by atoms with Crippen LogP contribution in [-0.2, 0) is 9.59 Å². The van der Waals surface area contributed by atoms with Crippen molar-refractivity contribution in [2.24, 2.45) is 0 Å². The molecule has 5 heteroatoms. The second-order valence-corrected chi connectivity index (χ2v) is 5.37. The summed E-state index contributed by atoms with van der Waals surface area (Å²) in [6.07, 6.45) is -0.134. The highest BCUT2D eigenvalue weighted by atomic mass is 35.5. The summed E-state index contributed by atoms with van der Waals surface area (Å²) in [5.74, 6) is -2.26. The zero-order valence-electron chi connectivity index (χ0n) is 12.0. The smallest absolute Gasteiger partial charge is 0.311 e. The van der Waals surface area contributed by atoms with Crippen molar-refractivity contribution in [1.82, 2.24) is 0 Å². The first-order valence-corrected chi connectivity index (χ1v) is 7.19. The molecule has 0 aliphatic heterocycles. The highest BCUT2D eigenvalue weighted by Gasteiger charge is 2.23. The molecule has 4 nitrogen and oxygen atoms in total. The summed E-state index contributed by atoms with van der Waals surface area (Å²) in [7, 11) is 0. The number of carboxylic acids is 1. The molecule has 0 unspecified atom stereocenters. The van der Waals surface area contributed by atoms with Gasteiger partial charge in [-0.3, -0.25) is 9.59 Å². The molecule has 1 amide bonds. The van der Waals surface area contributed by atoms with Crippen molar-refractivity contribution < 1.29 is 14.7 Å². The fourth-order valence-corrected chi connectivity index (χ4v) is 2.34. The third-order valence-electron chi connectivity index (χ3n) is 3.43. The number of halogens is 1. The van der Waals surface area contributed by atoms with E-state index in [0.717, 1.165) is 5.56 Å². The van der Waals surface area contributed by atoms with Gasteiger partial charge in [-0.2, -0.15) is 0 Å². The van der Waals surface area contributed by atoms with E-state index in [4.69, 9.17) is 11.6 Å². The van der Waals surface area contributed by atoms with Gasteiger partial charge in [0, 0.05) is 17.1 Å². The van der Waals surface area contributed by atoms with Crippen LogP contribution in [0.3, 0.4) is 0 Å². The second-order valence-electron chi connectivity index (χ2n) is 4.97. The summed E-state index contributed by atoms with van der Waals surface area (Å²) in [5.41, 5.74) is 1.95. The lowest BCUT2D eigenvalue weighted by Gasteiger charge is -2.14. The summed E-state index contributed by atoms with van der Waals surface area (Å²) in [6, 6.07) is 13.9. The molecule has 0 spiro atoms. The summed E-state index contributed by atoms with van der Waals surface area (Å²) in [4.78, 5) is 23.6. The Labute approximate surface area is 133 Å². The van der Waals surface area contributed by atoms with Gasteiger partial charge in [-0.25, -0.2) is 0 Å². The van der Waals surface area contributed by atoms with Crippen LogP contribution in [0.4, 0.5) is 5.69 Å². The van der Waals surface area contributed by atoms with Crippen molar-refractivity contribution in [1.29, 1.82) is 0 Å². The van der Waals surface area contributed by atoms with Gasteiger partial charge in [-0.15, -0.1) is 0 Å². The molecule has 1 atom stereocenters. The minimum atomic E-state index is -1.02. The molecule has 2 N–H and O–H groups in total. The number of rotatable bonds is 5. The molecule has 114 valence electrons. The van der Waals surface area contributed by atoms with Gasteiger partial charge in [0.25, 0.3) is 0 Å². The van der Waals surface area contributed by atoms with Crippen molar-refractivity contribution in [2.45, 2.75) is 19.3 Å². The monoisotopic (exact) mass is 317 g/mol. The summed E-state index contributed by atoms with van der Waals surface area (Å²) >= 11 is 6.00. The first kappa shape index (κ1) is 16.0. The van der Waals surface area contributed by atoms with Gasteiger partial charge in [0.15, 0.2) is 0 Å². The Morgan fingerprint density at radius 2 is 1.82 bits per heavy atom. The van der Waals surface area contributed by atoms with Gasteiger partial charge in [0.2, 0.25) is 5.91 Å². The molecule has 0 radical (unpaired) electrons. The van der Waals surface area contributed by atoms with E-state index in [0.29, 0.717) is 16.3 Å². The van der Waals surface area contributed by atoms with E-state index >= 15 is 0 Å². The topological polar surface area (TPSA) is 66.4 Å². The minimum absolute atomic E-state index is 0.134. The molecule has 22 heavy (non-hydrogen) atoms. The van der Waals surface area contributed by atoms with Gasteiger partial charge < -0.3 is 10.4 Å². The number of amides is 1. The van der Waals surface area contributed by atoms with Crippen molar-refractivity contribution in [3.8, 4) is 0 Å². The predicted octanol–water partition coefficient (Wildman–Crippen LogP) is 3.85. The Kier molecular flexibility index (Phi) is 5.17. The highest BCUT2D eigenvalue weighted by molar-refractivity contribution is 6.31. The number of hydrogen-bond donors (Lipinski definition) is 2. The number of nitrogens with one attached hydrogen (secondary N) is 1. The summed E-state index contributed by atoms with van der Waals surface area (Å²) < 4.78 is 0. The largest absolute Gasteiger partial charge is 0.481 e. The van der Waals surface area contributed by atoms with Crippen LogP contribution in [0.2, 0.25) is 5.02 Å². The van der Waals surface area contributed by atoms with Crippen molar-refractivity contribution >= 4 is 29.2 Å². The normalized spacial score (nSPS) is 11.7. The lowest BCUT2D eigenvalue weighted by Crippen LogP contribution is -2.21. The van der Waals surface area contributed by atoms with Crippen LogP contribution in [-0.4, -0.2) is 17.0 Å². The number of aliphatic carboxylic acids is 1.